The molecule has 126 valence electrons. The number of nitrogens with zero attached hydrogens (tertiary/aromatic N) is 3. The molecule has 0 spiro atoms. The zero-order valence-corrected chi connectivity index (χ0v) is 14.2. The third-order valence-corrected chi connectivity index (χ3v) is 4.60. The van der Waals surface area contributed by atoms with Gasteiger partial charge in [-0.05, 0) is 37.0 Å². The van der Waals surface area contributed by atoms with Crippen molar-refractivity contribution in [2.75, 3.05) is 5.73 Å². The van der Waals surface area contributed by atoms with Crippen molar-refractivity contribution in [1.29, 1.82) is 10.5 Å². The predicted octanol–water partition coefficient (Wildman–Crippen LogP) is 2.66. The molecule has 0 bridgehead atoms. The number of ether oxygens (including phenoxy) is 1. The fourth-order valence-corrected chi connectivity index (χ4v) is 3.29. The minimum Gasteiger partial charge on any atom is -0.488 e. The Morgan fingerprint density at radius 2 is 1.84 bits per heavy atom. The van der Waals surface area contributed by atoms with Gasteiger partial charge in [0.05, 0.1) is 11.7 Å². The second-order valence-electron chi connectivity index (χ2n) is 5.85. The van der Waals surface area contributed by atoms with Crippen LogP contribution in [0.1, 0.15) is 30.4 Å². The highest BCUT2D eigenvalue weighted by atomic mass is 32.1. The predicted molar refractivity (Wildman–Crippen MR) is 95.0 cm³/mol. The summed E-state index contributed by atoms with van der Waals surface area (Å²) in [7, 11) is 0. The molecule has 1 heterocycles. The van der Waals surface area contributed by atoms with E-state index in [2.05, 4.69) is 17.6 Å². The van der Waals surface area contributed by atoms with Crippen molar-refractivity contribution < 1.29 is 9.84 Å². The number of aliphatic hydroxyl groups excluding tert-OH is 1. The van der Waals surface area contributed by atoms with Crippen LogP contribution in [0.5, 0.6) is 5.75 Å². The van der Waals surface area contributed by atoms with Crippen molar-refractivity contribution in [3.8, 4) is 29.0 Å². The molecule has 1 aromatic heterocycles. The van der Waals surface area contributed by atoms with Crippen LogP contribution in [0.25, 0.3) is 11.1 Å². The van der Waals surface area contributed by atoms with Gasteiger partial charge in [0.1, 0.15) is 40.4 Å². The Labute approximate surface area is 150 Å². The van der Waals surface area contributed by atoms with Crippen molar-refractivity contribution >= 4 is 18.4 Å². The lowest BCUT2D eigenvalue weighted by atomic mass is 9.97. The summed E-state index contributed by atoms with van der Waals surface area (Å²) in [6, 6.07) is 11.0. The van der Waals surface area contributed by atoms with Gasteiger partial charge in [-0.2, -0.15) is 10.5 Å². The van der Waals surface area contributed by atoms with Gasteiger partial charge in [-0.3, -0.25) is 0 Å². The minimum atomic E-state index is -0.443. The number of aromatic nitrogens is 1. The number of thiol groups is 1. The van der Waals surface area contributed by atoms with Crippen LogP contribution in [-0.2, 0) is 0 Å². The summed E-state index contributed by atoms with van der Waals surface area (Å²) in [5.41, 5.74) is 7.22. The van der Waals surface area contributed by atoms with Crippen molar-refractivity contribution in [2.24, 2.45) is 0 Å². The van der Waals surface area contributed by atoms with Crippen LogP contribution in [0.3, 0.4) is 0 Å². The van der Waals surface area contributed by atoms with Gasteiger partial charge in [-0.25, -0.2) is 4.98 Å². The molecule has 1 aliphatic rings. The van der Waals surface area contributed by atoms with Gasteiger partial charge in [0.2, 0.25) is 0 Å². The summed E-state index contributed by atoms with van der Waals surface area (Å²) in [5.74, 6) is 0.663. The Morgan fingerprint density at radius 1 is 1.16 bits per heavy atom. The van der Waals surface area contributed by atoms with E-state index in [4.69, 9.17) is 10.5 Å². The van der Waals surface area contributed by atoms with E-state index >= 15 is 0 Å². The standard InChI is InChI=1S/C18H16N4O2S/c19-8-12-16(13(9-20)18(25)22-17(12)21)10-4-6-11(7-5-10)24-15-3-1-2-14(15)23/h4-7,14-15,23H,1-3H2,(H3,21,22,25)/t14-,15-/m1/s1. The van der Waals surface area contributed by atoms with Crippen LogP contribution in [0.15, 0.2) is 29.3 Å². The SMILES string of the molecule is N#Cc1c(N)nc(S)c(C#N)c1-c1ccc(O[C@@H]2CCC[C@H]2O)cc1. The third kappa shape index (κ3) is 3.25. The second-order valence-corrected chi connectivity index (χ2v) is 6.27. The van der Waals surface area contributed by atoms with E-state index in [1.165, 1.54) is 0 Å². The van der Waals surface area contributed by atoms with E-state index in [0.717, 1.165) is 19.3 Å². The number of anilines is 1. The van der Waals surface area contributed by atoms with Crippen LogP contribution >= 0.6 is 12.6 Å². The molecule has 0 unspecified atom stereocenters. The number of rotatable bonds is 3. The number of aliphatic hydroxyl groups is 1. The number of pyridine rings is 1. The highest BCUT2D eigenvalue weighted by molar-refractivity contribution is 7.80. The number of benzene rings is 1. The average Bonchev–Trinajstić information content (AvgIpc) is 3.00. The van der Waals surface area contributed by atoms with Gasteiger partial charge >= 0.3 is 0 Å². The molecule has 1 aliphatic carbocycles. The molecule has 3 N–H and O–H groups in total. The normalized spacial score (nSPS) is 19.2. The maximum Gasteiger partial charge on any atom is 0.143 e. The van der Waals surface area contributed by atoms with Crippen LogP contribution in [0.4, 0.5) is 5.82 Å². The Morgan fingerprint density at radius 3 is 2.40 bits per heavy atom. The molecule has 0 radical (unpaired) electrons. The monoisotopic (exact) mass is 352 g/mol. The lowest BCUT2D eigenvalue weighted by Gasteiger charge is -2.17. The smallest absolute Gasteiger partial charge is 0.143 e. The van der Waals surface area contributed by atoms with Crippen LogP contribution in [0, 0.1) is 22.7 Å². The molecule has 7 heteroatoms. The second kappa shape index (κ2) is 7.02. The van der Waals surface area contributed by atoms with Crippen molar-refractivity contribution in [1.82, 2.24) is 4.98 Å². The van der Waals surface area contributed by atoms with E-state index in [1.54, 1.807) is 24.3 Å². The molecule has 2 aromatic rings. The van der Waals surface area contributed by atoms with Crippen LogP contribution < -0.4 is 10.5 Å². The third-order valence-electron chi connectivity index (χ3n) is 4.28. The Bertz CT molecular complexity index is 846. The molecule has 6 nitrogen and oxygen atoms in total. The maximum atomic E-state index is 9.85. The summed E-state index contributed by atoms with van der Waals surface area (Å²) in [5, 5.41) is 28.8. The lowest BCUT2D eigenvalue weighted by molar-refractivity contribution is 0.0604. The van der Waals surface area contributed by atoms with E-state index in [1.807, 2.05) is 12.1 Å². The molecule has 1 saturated carbocycles. The Kier molecular flexibility index (Phi) is 4.80. The zero-order chi connectivity index (χ0) is 18.0. The van der Waals surface area contributed by atoms with E-state index in [0.29, 0.717) is 16.9 Å². The molecule has 1 fully saturated rings. The van der Waals surface area contributed by atoms with Crippen molar-refractivity contribution in [2.45, 2.75) is 36.5 Å². The van der Waals surface area contributed by atoms with Crippen molar-refractivity contribution in [3.63, 3.8) is 0 Å². The molecular weight excluding hydrogens is 336 g/mol. The molecule has 1 aromatic carbocycles. The molecule has 3 rings (SSSR count). The lowest BCUT2D eigenvalue weighted by Crippen LogP contribution is -2.25. The molecular formula is C18H16N4O2S. The number of nitrogens with two attached hydrogens (primary N) is 1. The average molecular weight is 352 g/mol. The quantitative estimate of drug-likeness (QED) is 0.731. The summed E-state index contributed by atoms with van der Waals surface area (Å²) in [6.45, 7) is 0. The summed E-state index contributed by atoms with van der Waals surface area (Å²) >= 11 is 4.19. The molecule has 2 atom stereocenters. The van der Waals surface area contributed by atoms with E-state index < -0.39 is 6.10 Å². The molecule has 0 amide bonds. The molecule has 0 aliphatic heterocycles. The summed E-state index contributed by atoms with van der Waals surface area (Å²) < 4.78 is 5.81. The van der Waals surface area contributed by atoms with Crippen molar-refractivity contribution in [3.05, 3.63) is 35.4 Å². The maximum absolute atomic E-state index is 9.85. The minimum absolute atomic E-state index is 0.0379. The Hall–Kier alpha value is -2.74. The number of nitrogen functional groups attached to an aromatic ring is 1. The van der Waals surface area contributed by atoms with Crippen LogP contribution in [0.2, 0.25) is 0 Å². The zero-order valence-electron chi connectivity index (χ0n) is 13.3. The fourth-order valence-electron chi connectivity index (χ4n) is 3.02. The highest BCUT2D eigenvalue weighted by Gasteiger charge is 2.27. The van der Waals surface area contributed by atoms with E-state index in [-0.39, 0.29) is 28.1 Å². The molecule has 0 saturated heterocycles. The number of hydrogen-bond donors (Lipinski definition) is 3. The van der Waals surface area contributed by atoms with Gasteiger partial charge in [0, 0.05) is 5.56 Å². The summed E-state index contributed by atoms with van der Waals surface area (Å²) in [6.07, 6.45) is 1.88. The van der Waals surface area contributed by atoms with Gasteiger partial charge in [0.15, 0.2) is 0 Å². The van der Waals surface area contributed by atoms with Gasteiger partial charge in [-0.15, -0.1) is 12.6 Å². The van der Waals surface area contributed by atoms with Crippen LogP contribution in [-0.4, -0.2) is 22.3 Å². The largest absolute Gasteiger partial charge is 0.488 e. The van der Waals surface area contributed by atoms with Gasteiger partial charge < -0.3 is 15.6 Å². The molecule has 25 heavy (non-hydrogen) atoms. The Balaban J connectivity index is 1.98. The number of hydrogen-bond acceptors (Lipinski definition) is 7. The van der Waals surface area contributed by atoms with E-state index in [9.17, 15) is 15.6 Å². The van der Waals surface area contributed by atoms with Gasteiger partial charge in [0.25, 0.3) is 0 Å². The van der Waals surface area contributed by atoms with Gasteiger partial charge in [-0.1, -0.05) is 12.1 Å². The highest BCUT2D eigenvalue weighted by Crippen LogP contribution is 2.34. The fraction of sp³-hybridized carbons (Fsp3) is 0.278. The first-order valence-electron chi connectivity index (χ1n) is 7.83. The number of nitriles is 2. The first kappa shape index (κ1) is 17.1. The first-order valence-corrected chi connectivity index (χ1v) is 8.27. The summed E-state index contributed by atoms with van der Waals surface area (Å²) in [4.78, 5) is 3.94. The first-order chi connectivity index (χ1) is 12.0. The topological polar surface area (TPSA) is 116 Å².